The number of hydrogen-bond donors (Lipinski definition) is 1. The SMILES string of the molecule is COc1ccc(CCCN(Cc2cc(OC)c(OC)c(OC)c2)CC(O)c2cccc(Cl)c2)cc1OC. The second kappa shape index (κ2) is 14.0. The molecule has 0 aliphatic rings. The fraction of sp³-hybridized carbons (Fsp3) is 0.379. The van der Waals surface area contributed by atoms with Crippen LogP contribution in [0.4, 0.5) is 0 Å². The van der Waals surface area contributed by atoms with E-state index in [9.17, 15) is 5.11 Å². The summed E-state index contributed by atoms with van der Waals surface area (Å²) in [6, 6.07) is 17.2. The Labute approximate surface area is 224 Å². The van der Waals surface area contributed by atoms with Crippen LogP contribution in [0.2, 0.25) is 5.02 Å². The summed E-state index contributed by atoms with van der Waals surface area (Å²) in [5, 5.41) is 11.6. The third kappa shape index (κ3) is 7.68. The predicted molar refractivity (Wildman–Crippen MR) is 146 cm³/mol. The van der Waals surface area contributed by atoms with Crippen molar-refractivity contribution < 1.29 is 28.8 Å². The lowest BCUT2D eigenvalue weighted by Crippen LogP contribution is -2.29. The molecule has 0 fully saturated rings. The molecule has 0 amide bonds. The summed E-state index contributed by atoms with van der Waals surface area (Å²) in [5.41, 5.74) is 2.92. The van der Waals surface area contributed by atoms with Gasteiger partial charge in [0.05, 0.1) is 41.7 Å². The average molecular weight is 530 g/mol. The molecule has 3 aromatic rings. The maximum atomic E-state index is 11.0. The highest BCUT2D eigenvalue weighted by Gasteiger charge is 2.18. The first kappa shape index (κ1) is 28.4. The molecule has 0 heterocycles. The summed E-state index contributed by atoms with van der Waals surface area (Å²) in [4.78, 5) is 2.22. The van der Waals surface area contributed by atoms with Crippen LogP contribution in [-0.4, -0.2) is 58.6 Å². The molecule has 0 saturated heterocycles. The Morgan fingerprint density at radius 1 is 0.757 bits per heavy atom. The van der Waals surface area contributed by atoms with Crippen molar-refractivity contribution in [3.05, 3.63) is 76.3 Å². The van der Waals surface area contributed by atoms with Gasteiger partial charge in [0, 0.05) is 18.1 Å². The molecule has 0 aliphatic carbocycles. The first-order valence-corrected chi connectivity index (χ1v) is 12.5. The number of aryl methyl sites for hydroxylation is 1. The van der Waals surface area contributed by atoms with Gasteiger partial charge in [-0.15, -0.1) is 0 Å². The van der Waals surface area contributed by atoms with E-state index in [0.717, 1.165) is 36.1 Å². The molecule has 0 aliphatic heterocycles. The van der Waals surface area contributed by atoms with Gasteiger partial charge in [-0.25, -0.2) is 0 Å². The fourth-order valence-corrected chi connectivity index (χ4v) is 4.53. The van der Waals surface area contributed by atoms with Crippen molar-refractivity contribution in [1.29, 1.82) is 0 Å². The average Bonchev–Trinajstić information content (AvgIpc) is 2.92. The normalized spacial score (nSPS) is 11.8. The third-order valence-electron chi connectivity index (χ3n) is 6.18. The van der Waals surface area contributed by atoms with Crippen LogP contribution in [0.1, 0.15) is 29.2 Å². The maximum absolute atomic E-state index is 11.0. The molecular weight excluding hydrogens is 494 g/mol. The lowest BCUT2D eigenvalue weighted by Gasteiger charge is -2.26. The number of nitrogens with zero attached hydrogens (tertiary/aromatic N) is 1. The quantitative estimate of drug-likeness (QED) is 0.293. The van der Waals surface area contributed by atoms with Gasteiger partial charge in [0.1, 0.15) is 0 Å². The predicted octanol–water partition coefficient (Wildman–Crippen LogP) is 5.55. The van der Waals surface area contributed by atoms with Crippen LogP contribution < -0.4 is 23.7 Å². The molecule has 37 heavy (non-hydrogen) atoms. The highest BCUT2D eigenvalue weighted by atomic mass is 35.5. The number of ether oxygens (including phenoxy) is 5. The van der Waals surface area contributed by atoms with Gasteiger partial charge in [-0.3, -0.25) is 4.90 Å². The Hall–Kier alpha value is -3.13. The highest BCUT2D eigenvalue weighted by molar-refractivity contribution is 6.30. The van der Waals surface area contributed by atoms with Gasteiger partial charge in [0.15, 0.2) is 23.0 Å². The number of aliphatic hydroxyl groups excluding tert-OH is 1. The Bertz CT molecular complexity index is 1130. The Balaban J connectivity index is 1.79. The van der Waals surface area contributed by atoms with Crippen LogP contribution in [-0.2, 0) is 13.0 Å². The largest absolute Gasteiger partial charge is 0.493 e. The molecule has 0 radical (unpaired) electrons. The monoisotopic (exact) mass is 529 g/mol. The van der Waals surface area contributed by atoms with Gasteiger partial charge < -0.3 is 28.8 Å². The molecule has 200 valence electrons. The zero-order valence-corrected chi connectivity index (χ0v) is 22.9. The van der Waals surface area contributed by atoms with Crippen molar-refractivity contribution in [2.24, 2.45) is 0 Å². The zero-order chi connectivity index (χ0) is 26.8. The Kier molecular flexibility index (Phi) is 10.7. The second-order valence-electron chi connectivity index (χ2n) is 8.63. The molecule has 1 unspecified atom stereocenters. The van der Waals surface area contributed by atoms with Crippen molar-refractivity contribution in [3.8, 4) is 28.7 Å². The van der Waals surface area contributed by atoms with Crippen LogP contribution in [0.15, 0.2) is 54.6 Å². The molecule has 0 spiro atoms. The first-order valence-electron chi connectivity index (χ1n) is 12.1. The molecular formula is C29H36ClNO6. The number of aliphatic hydroxyl groups is 1. The smallest absolute Gasteiger partial charge is 0.203 e. The van der Waals surface area contributed by atoms with Crippen LogP contribution >= 0.6 is 11.6 Å². The molecule has 0 aromatic heterocycles. The van der Waals surface area contributed by atoms with Crippen LogP contribution in [0.3, 0.4) is 0 Å². The Morgan fingerprint density at radius 3 is 2.00 bits per heavy atom. The summed E-state index contributed by atoms with van der Waals surface area (Å²) in [5.74, 6) is 3.16. The first-order chi connectivity index (χ1) is 17.9. The minimum atomic E-state index is -0.693. The lowest BCUT2D eigenvalue weighted by atomic mass is 10.1. The van der Waals surface area contributed by atoms with Crippen molar-refractivity contribution in [3.63, 3.8) is 0 Å². The summed E-state index contributed by atoms with van der Waals surface area (Å²) in [6.07, 6.45) is 1.03. The third-order valence-corrected chi connectivity index (χ3v) is 6.42. The highest BCUT2D eigenvalue weighted by Crippen LogP contribution is 2.38. The fourth-order valence-electron chi connectivity index (χ4n) is 4.33. The number of methoxy groups -OCH3 is 5. The van der Waals surface area contributed by atoms with Gasteiger partial charge in [-0.1, -0.05) is 29.8 Å². The van der Waals surface area contributed by atoms with Crippen molar-refractivity contribution >= 4 is 11.6 Å². The van der Waals surface area contributed by atoms with E-state index >= 15 is 0 Å². The number of benzene rings is 3. The van der Waals surface area contributed by atoms with Crippen molar-refractivity contribution in [2.45, 2.75) is 25.5 Å². The molecule has 0 bridgehead atoms. The minimum Gasteiger partial charge on any atom is -0.493 e. The van der Waals surface area contributed by atoms with Crippen LogP contribution in [0, 0.1) is 0 Å². The number of halogens is 1. The van der Waals surface area contributed by atoms with Crippen molar-refractivity contribution in [1.82, 2.24) is 4.90 Å². The molecule has 0 saturated carbocycles. The van der Waals surface area contributed by atoms with E-state index in [1.807, 2.05) is 42.5 Å². The van der Waals surface area contributed by atoms with E-state index in [-0.39, 0.29) is 0 Å². The zero-order valence-electron chi connectivity index (χ0n) is 22.1. The van der Waals surface area contributed by atoms with E-state index in [4.69, 9.17) is 35.3 Å². The minimum absolute atomic E-state index is 0.433. The second-order valence-corrected chi connectivity index (χ2v) is 9.07. The molecule has 3 rings (SSSR count). The van der Waals surface area contributed by atoms with Gasteiger partial charge in [-0.05, 0) is 72.5 Å². The van der Waals surface area contributed by atoms with Gasteiger partial charge in [0.25, 0.3) is 0 Å². The molecule has 7 nitrogen and oxygen atoms in total. The summed E-state index contributed by atoms with van der Waals surface area (Å²) >= 11 is 6.16. The number of hydrogen-bond acceptors (Lipinski definition) is 7. The summed E-state index contributed by atoms with van der Waals surface area (Å²) < 4.78 is 27.3. The lowest BCUT2D eigenvalue weighted by molar-refractivity contribution is 0.108. The van der Waals surface area contributed by atoms with Crippen LogP contribution in [0.25, 0.3) is 0 Å². The van der Waals surface area contributed by atoms with Crippen molar-refractivity contribution in [2.75, 3.05) is 48.6 Å². The Morgan fingerprint density at radius 2 is 1.41 bits per heavy atom. The number of rotatable bonds is 14. The van der Waals surface area contributed by atoms with E-state index in [1.165, 1.54) is 0 Å². The molecule has 3 aromatic carbocycles. The summed E-state index contributed by atoms with van der Waals surface area (Å²) in [6.45, 7) is 1.77. The van der Waals surface area contributed by atoms with E-state index in [2.05, 4.69) is 4.90 Å². The maximum Gasteiger partial charge on any atom is 0.203 e. The van der Waals surface area contributed by atoms with Gasteiger partial charge in [0.2, 0.25) is 5.75 Å². The topological polar surface area (TPSA) is 69.6 Å². The standard InChI is InChI=1S/C29H36ClNO6/c1-33-25-12-11-20(14-26(25)34-2)8-7-13-31(19-24(32)22-9-6-10-23(30)17-22)18-21-15-27(35-3)29(37-5)28(16-21)36-4/h6,9-12,14-17,24,32H,7-8,13,18-19H2,1-5H3. The van der Waals surface area contributed by atoms with Crippen LogP contribution in [0.5, 0.6) is 28.7 Å². The molecule has 1 N–H and O–H groups in total. The molecule has 1 atom stereocenters. The van der Waals surface area contributed by atoms with E-state index in [0.29, 0.717) is 46.9 Å². The summed E-state index contributed by atoms with van der Waals surface area (Å²) in [7, 11) is 8.05. The molecule has 8 heteroatoms. The van der Waals surface area contributed by atoms with E-state index < -0.39 is 6.10 Å². The van der Waals surface area contributed by atoms with Gasteiger partial charge >= 0.3 is 0 Å². The van der Waals surface area contributed by atoms with E-state index in [1.54, 1.807) is 47.7 Å². The van der Waals surface area contributed by atoms with Gasteiger partial charge in [-0.2, -0.15) is 0 Å².